The van der Waals surface area contributed by atoms with E-state index in [9.17, 15) is 4.79 Å². The molecule has 17 heavy (non-hydrogen) atoms. The Kier molecular flexibility index (Phi) is 3.32. The lowest BCUT2D eigenvalue weighted by molar-refractivity contribution is 0.0706. The summed E-state index contributed by atoms with van der Waals surface area (Å²) >= 11 is 0. The van der Waals surface area contributed by atoms with Crippen molar-refractivity contribution in [2.45, 2.75) is 0 Å². The van der Waals surface area contributed by atoms with Crippen LogP contribution in [0.3, 0.4) is 0 Å². The molecule has 0 bridgehead atoms. The highest BCUT2D eigenvalue weighted by atomic mass is 16.5. The number of hydrogen-bond donors (Lipinski definition) is 2. The van der Waals surface area contributed by atoms with Crippen molar-refractivity contribution < 1.29 is 14.7 Å². The Hall–Kier alpha value is -2.40. The smallest absolute Gasteiger partial charge is 0.274 e. The summed E-state index contributed by atoms with van der Waals surface area (Å²) in [6.45, 7) is 0. The SMILES string of the molecule is O=C(NO)c1ccc(Oc2ccccn2)cc1. The van der Waals surface area contributed by atoms with Crippen LogP contribution in [0.4, 0.5) is 0 Å². The van der Waals surface area contributed by atoms with Gasteiger partial charge in [-0.2, -0.15) is 0 Å². The molecule has 2 rings (SSSR count). The van der Waals surface area contributed by atoms with Crippen LogP contribution in [-0.2, 0) is 0 Å². The minimum absolute atomic E-state index is 0.348. The van der Waals surface area contributed by atoms with Gasteiger partial charge in [-0.25, -0.2) is 10.5 Å². The number of aromatic nitrogens is 1. The fraction of sp³-hybridized carbons (Fsp3) is 0. The quantitative estimate of drug-likeness (QED) is 0.624. The van der Waals surface area contributed by atoms with E-state index in [1.165, 1.54) is 0 Å². The molecule has 5 heteroatoms. The molecular weight excluding hydrogens is 220 g/mol. The van der Waals surface area contributed by atoms with Crippen molar-refractivity contribution in [2.75, 3.05) is 0 Å². The summed E-state index contributed by atoms with van der Waals surface area (Å²) in [5.41, 5.74) is 1.91. The zero-order valence-corrected chi connectivity index (χ0v) is 8.83. The third-order valence-electron chi connectivity index (χ3n) is 2.08. The monoisotopic (exact) mass is 230 g/mol. The van der Waals surface area contributed by atoms with Gasteiger partial charge in [-0.3, -0.25) is 10.0 Å². The minimum Gasteiger partial charge on any atom is -0.439 e. The van der Waals surface area contributed by atoms with E-state index >= 15 is 0 Å². The summed E-state index contributed by atoms with van der Waals surface area (Å²) in [5, 5.41) is 8.45. The Morgan fingerprint density at radius 3 is 2.53 bits per heavy atom. The second-order valence-electron chi connectivity index (χ2n) is 3.24. The lowest BCUT2D eigenvalue weighted by Crippen LogP contribution is -2.18. The van der Waals surface area contributed by atoms with Crippen molar-refractivity contribution in [2.24, 2.45) is 0 Å². The second kappa shape index (κ2) is 5.09. The molecule has 2 aromatic rings. The molecule has 0 atom stereocenters. The zero-order chi connectivity index (χ0) is 12.1. The van der Waals surface area contributed by atoms with Crippen LogP contribution in [-0.4, -0.2) is 16.1 Å². The van der Waals surface area contributed by atoms with Gasteiger partial charge in [-0.1, -0.05) is 6.07 Å². The number of nitrogens with one attached hydrogen (secondary N) is 1. The molecular formula is C12H10N2O3. The highest BCUT2D eigenvalue weighted by Crippen LogP contribution is 2.18. The summed E-state index contributed by atoms with van der Waals surface area (Å²) in [5.74, 6) is 0.486. The van der Waals surface area contributed by atoms with E-state index in [-0.39, 0.29) is 0 Å². The molecule has 0 aliphatic carbocycles. The first-order chi connectivity index (χ1) is 8.29. The fourth-order valence-electron chi connectivity index (χ4n) is 1.27. The maximum Gasteiger partial charge on any atom is 0.274 e. The molecule has 0 unspecified atom stereocenters. The molecule has 1 aromatic carbocycles. The van der Waals surface area contributed by atoms with Gasteiger partial charge in [0.2, 0.25) is 5.88 Å². The van der Waals surface area contributed by atoms with Gasteiger partial charge in [0.15, 0.2) is 0 Å². The van der Waals surface area contributed by atoms with Crippen LogP contribution >= 0.6 is 0 Å². The van der Waals surface area contributed by atoms with Gasteiger partial charge in [-0.05, 0) is 30.3 Å². The molecule has 1 amide bonds. The van der Waals surface area contributed by atoms with Crippen molar-refractivity contribution in [3.8, 4) is 11.6 Å². The van der Waals surface area contributed by atoms with Crippen molar-refractivity contribution in [3.63, 3.8) is 0 Å². The Morgan fingerprint density at radius 1 is 1.18 bits per heavy atom. The maximum absolute atomic E-state index is 11.1. The lowest BCUT2D eigenvalue weighted by atomic mass is 10.2. The molecule has 0 saturated heterocycles. The summed E-state index contributed by atoms with van der Waals surface area (Å²) in [6.07, 6.45) is 1.63. The van der Waals surface area contributed by atoms with Gasteiger partial charge in [-0.15, -0.1) is 0 Å². The fourth-order valence-corrected chi connectivity index (χ4v) is 1.27. The van der Waals surface area contributed by atoms with Crippen molar-refractivity contribution in [1.82, 2.24) is 10.5 Å². The third kappa shape index (κ3) is 2.79. The molecule has 0 saturated carbocycles. The van der Waals surface area contributed by atoms with Crippen molar-refractivity contribution in [1.29, 1.82) is 0 Å². The van der Waals surface area contributed by atoms with Gasteiger partial charge in [0.1, 0.15) is 5.75 Å². The van der Waals surface area contributed by atoms with E-state index in [4.69, 9.17) is 9.94 Å². The van der Waals surface area contributed by atoms with Crippen molar-refractivity contribution in [3.05, 3.63) is 54.2 Å². The molecule has 0 aliphatic rings. The Bertz CT molecular complexity index is 497. The largest absolute Gasteiger partial charge is 0.439 e. The van der Waals surface area contributed by atoms with E-state index in [1.807, 2.05) is 6.07 Å². The standard InChI is InChI=1S/C12H10N2O3/c15-12(14-16)9-4-6-10(7-5-9)17-11-3-1-2-8-13-11/h1-8,16H,(H,14,15). The first-order valence-corrected chi connectivity index (χ1v) is 4.93. The zero-order valence-electron chi connectivity index (χ0n) is 8.83. The molecule has 0 spiro atoms. The highest BCUT2D eigenvalue weighted by Gasteiger charge is 2.04. The van der Waals surface area contributed by atoms with Gasteiger partial charge in [0, 0.05) is 17.8 Å². The summed E-state index contributed by atoms with van der Waals surface area (Å²) < 4.78 is 5.44. The number of pyridine rings is 1. The minimum atomic E-state index is -0.561. The van der Waals surface area contributed by atoms with Crippen LogP contribution in [0, 0.1) is 0 Å². The van der Waals surface area contributed by atoms with Gasteiger partial charge >= 0.3 is 0 Å². The summed E-state index contributed by atoms with van der Waals surface area (Å²) in [7, 11) is 0. The number of carbonyl (C=O) groups is 1. The normalized spacial score (nSPS) is 9.71. The molecule has 5 nitrogen and oxygen atoms in total. The van der Waals surface area contributed by atoms with Crippen LogP contribution < -0.4 is 10.2 Å². The summed E-state index contributed by atoms with van der Waals surface area (Å²) in [6, 6.07) is 11.7. The molecule has 0 aliphatic heterocycles. The lowest BCUT2D eigenvalue weighted by Gasteiger charge is -2.04. The number of hydrogen-bond acceptors (Lipinski definition) is 4. The van der Waals surface area contributed by atoms with Crippen LogP contribution in [0.5, 0.6) is 11.6 Å². The van der Waals surface area contributed by atoms with Crippen LogP contribution in [0.15, 0.2) is 48.7 Å². The van der Waals surface area contributed by atoms with E-state index < -0.39 is 5.91 Å². The Morgan fingerprint density at radius 2 is 1.94 bits per heavy atom. The Balaban J connectivity index is 2.11. The first-order valence-electron chi connectivity index (χ1n) is 4.93. The van der Waals surface area contributed by atoms with Gasteiger partial charge in [0.05, 0.1) is 0 Å². The predicted molar refractivity (Wildman–Crippen MR) is 60.0 cm³/mol. The maximum atomic E-state index is 11.1. The second-order valence-corrected chi connectivity index (χ2v) is 3.24. The molecule has 2 N–H and O–H groups in total. The number of rotatable bonds is 3. The Labute approximate surface area is 97.6 Å². The van der Waals surface area contributed by atoms with Crippen LogP contribution in [0.1, 0.15) is 10.4 Å². The molecule has 86 valence electrons. The number of ether oxygens (including phenoxy) is 1. The van der Waals surface area contributed by atoms with Gasteiger partial charge < -0.3 is 4.74 Å². The van der Waals surface area contributed by atoms with E-state index in [0.717, 1.165) is 0 Å². The molecule has 0 fully saturated rings. The predicted octanol–water partition coefficient (Wildman–Crippen LogP) is 1.99. The van der Waals surface area contributed by atoms with E-state index in [0.29, 0.717) is 17.2 Å². The average molecular weight is 230 g/mol. The van der Waals surface area contributed by atoms with E-state index in [1.54, 1.807) is 48.1 Å². The number of amides is 1. The summed E-state index contributed by atoms with van der Waals surface area (Å²) in [4.78, 5) is 15.1. The number of nitrogens with zero attached hydrogens (tertiary/aromatic N) is 1. The first kappa shape index (κ1) is 11.1. The van der Waals surface area contributed by atoms with Gasteiger partial charge in [0.25, 0.3) is 5.91 Å². The number of carbonyl (C=O) groups excluding carboxylic acids is 1. The molecule has 1 aromatic heterocycles. The van der Waals surface area contributed by atoms with Crippen LogP contribution in [0.2, 0.25) is 0 Å². The average Bonchev–Trinajstić information content (AvgIpc) is 2.40. The molecule has 0 radical (unpaired) electrons. The number of benzene rings is 1. The highest BCUT2D eigenvalue weighted by molar-refractivity contribution is 5.93. The topological polar surface area (TPSA) is 71.5 Å². The van der Waals surface area contributed by atoms with Crippen molar-refractivity contribution >= 4 is 5.91 Å². The van der Waals surface area contributed by atoms with Crippen LogP contribution in [0.25, 0.3) is 0 Å². The van der Waals surface area contributed by atoms with E-state index in [2.05, 4.69) is 4.98 Å². The number of hydroxylamine groups is 1. The third-order valence-corrected chi connectivity index (χ3v) is 2.08. The molecule has 1 heterocycles.